The molecule has 0 bridgehead atoms. The lowest BCUT2D eigenvalue weighted by Crippen LogP contribution is -2.38. The highest BCUT2D eigenvalue weighted by molar-refractivity contribution is 5.77. The van der Waals surface area contributed by atoms with Crippen LogP contribution in [0.3, 0.4) is 0 Å². The van der Waals surface area contributed by atoms with Crippen molar-refractivity contribution in [1.29, 1.82) is 0 Å². The molecule has 0 saturated carbocycles. The van der Waals surface area contributed by atoms with Gasteiger partial charge in [0, 0.05) is 6.04 Å². The summed E-state index contributed by atoms with van der Waals surface area (Å²) < 4.78 is 0. The molecule has 4 N–H and O–H groups in total. The minimum absolute atomic E-state index is 0.147. The van der Waals surface area contributed by atoms with E-state index in [0.717, 1.165) is 5.56 Å². The molecule has 1 rings (SSSR count). The molecule has 0 radical (unpaired) electrons. The van der Waals surface area contributed by atoms with Crippen LogP contribution in [0.25, 0.3) is 0 Å². The number of hydrazine groups is 1. The fraction of sp³-hybridized carbons (Fsp3) is 0.300. The van der Waals surface area contributed by atoms with Crippen molar-refractivity contribution in [2.75, 3.05) is 6.54 Å². The molecule has 1 aromatic rings. The van der Waals surface area contributed by atoms with E-state index >= 15 is 0 Å². The summed E-state index contributed by atoms with van der Waals surface area (Å²) in [5.41, 5.74) is 3.22. The Kier molecular flexibility index (Phi) is 4.10. The van der Waals surface area contributed by atoms with Gasteiger partial charge in [0.1, 0.15) is 0 Å². The molecule has 4 nitrogen and oxygen atoms in total. The van der Waals surface area contributed by atoms with E-state index in [9.17, 15) is 4.79 Å². The molecule has 1 atom stereocenters. The highest BCUT2D eigenvalue weighted by atomic mass is 16.2. The van der Waals surface area contributed by atoms with E-state index in [2.05, 4.69) is 10.7 Å². The highest BCUT2D eigenvalue weighted by Gasteiger charge is 2.05. The van der Waals surface area contributed by atoms with Crippen molar-refractivity contribution < 1.29 is 4.79 Å². The molecule has 1 amide bonds. The third-order valence-electron chi connectivity index (χ3n) is 2.03. The first-order valence-electron chi connectivity index (χ1n) is 4.52. The van der Waals surface area contributed by atoms with Crippen LogP contribution in [0, 0.1) is 0 Å². The minimum Gasteiger partial charge on any atom is -0.302 e. The molecule has 1 aromatic carbocycles. The van der Waals surface area contributed by atoms with Gasteiger partial charge in [0.25, 0.3) is 0 Å². The fourth-order valence-corrected chi connectivity index (χ4v) is 1.16. The zero-order valence-electron chi connectivity index (χ0n) is 8.16. The van der Waals surface area contributed by atoms with Crippen LogP contribution in [0.1, 0.15) is 18.5 Å². The molecule has 0 heterocycles. The van der Waals surface area contributed by atoms with Crippen molar-refractivity contribution in [3.8, 4) is 0 Å². The smallest absolute Gasteiger partial charge is 0.247 e. The number of amides is 1. The first kappa shape index (κ1) is 10.7. The van der Waals surface area contributed by atoms with Gasteiger partial charge in [0.15, 0.2) is 0 Å². The number of nitrogens with two attached hydrogens (primary N) is 1. The summed E-state index contributed by atoms with van der Waals surface area (Å²) in [7, 11) is 0. The number of nitrogens with one attached hydrogen (secondary N) is 2. The van der Waals surface area contributed by atoms with Gasteiger partial charge in [-0.3, -0.25) is 10.2 Å². The summed E-state index contributed by atoms with van der Waals surface area (Å²) in [6, 6.07) is 10.1. The van der Waals surface area contributed by atoms with Crippen LogP contribution in [0.4, 0.5) is 0 Å². The van der Waals surface area contributed by atoms with E-state index in [-0.39, 0.29) is 18.5 Å². The van der Waals surface area contributed by atoms with Crippen molar-refractivity contribution in [3.63, 3.8) is 0 Å². The van der Waals surface area contributed by atoms with Crippen molar-refractivity contribution in [3.05, 3.63) is 35.9 Å². The van der Waals surface area contributed by atoms with Crippen molar-refractivity contribution in [2.45, 2.75) is 13.0 Å². The predicted octanol–water partition coefficient (Wildman–Crippen LogP) is 0.327. The Morgan fingerprint density at radius 2 is 2.07 bits per heavy atom. The SMILES string of the molecule is C[C@@H](NCC(=O)NN)c1ccccc1. The van der Waals surface area contributed by atoms with Gasteiger partial charge < -0.3 is 5.32 Å². The normalized spacial score (nSPS) is 12.1. The van der Waals surface area contributed by atoms with Gasteiger partial charge in [-0.2, -0.15) is 0 Å². The Morgan fingerprint density at radius 3 is 2.64 bits per heavy atom. The average Bonchev–Trinajstić information content (AvgIpc) is 2.26. The van der Waals surface area contributed by atoms with Gasteiger partial charge in [-0.25, -0.2) is 5.84 Å². The van der Waals surface area contributed by atoms with Crippen LogP contribution < -0.4 is 16.6 Å². The molecule has 0 aliphatic carbocycles. The second-order valence-electron chi connectivity index (χ2n) is 3.08. The number of rotatable bonds is 4. The first-order valence-corrected chi connectivity index (χ1v) is 4.52. The summed E-state index contributed by atoms with van der Waals surface area (Å²) in [6.45, 7) is 2.23. The summed E-state index contributed by atoms with van der Waals surface area (Å²) in [5.74, 6) is 4.74. The zero-order valence-corrected chi connectivity index (χ0v) is 8.16. The maximum atomic E-state index is 10.8. The molecule has 0 saturated heterocycles. The lowest BCUT2D eigenvalue weighted by Gasteiger charge is -2.12. The Hall–Kier alpha value is -1.39. The highest BCUT2D eigenvalue weighted by Crippen LogP contribution is 2.09. The molecule has 0 aliphatic rings. The lowest BCUT2D eigenvalue weighted by atomic mass is 10.1. The number of carbonyl (C=O) groups is 1. The molecule has 0 aromatic heterocycles. The molecule has 0 fully saturated rings. The fourth-order valence-electron chi connectivity index (χ4n) is 1.16. The molecule has 76 valence electrons. The zero-order chi connectivity index (χ0) is 10.4. The monoisotopic (exact) mass is 193 g/mol. The number of benzene rings is 1. The summed E-state index contributed by atoms with van der Waals surface area (Å²) in [6.07, 6.45) is 0. The van der Waals surface area contributed by atoms with E-state index in [1.54, 1.807) is 0 Å². The third-order valence-corrected chi connectivity index (χ3v) is 2.03. The third kappa shape index (κ3) is 3.16. The lowest BCUT2D eigenvalue weighted by molar-refractivity contribution is -0.120. The van der Waals surface area contributed by atoms with Crippen molar-refractivity contribution >= 4 is 5.91 Å². The van der Waals surface area contributed by atoms with E-state index in [0.29, 0.717) is 0 Å². The minimum atomic E-state index is -0.215. The largest absolute Gasteiger partial charge is 0.302 e. The maximum Gasteiger partial charge on any atom is 0.247 e. The Morgan fingerprint density at radius 1 is 1.43 bits per heavy atom. The van der Waals surface area contributed by atoms with Gasteiger partial charge >= 0.3 is 0 Å². The second kappa shape index (κ2) is 5.36. The quantitative estimate of drug-likeness (QED) is 0.366. The standard InChI is InChI=1S/C10H15N3O/c1-8(12-7-10(14)13-11)9-5-3-2-4-6-9/h2-6,8,12H,7,11H2,1H3,(H,13,14)/t8-/m1/s1. The Balaban J connectivity index is 2.43. The van der Waals surface area contributed by atoms with Crippen molar-refractivity contribution in [2.24, 2.45) is 5.84 Å². The maximum absolute atomic E-state index is 10.8. The van der Waals surface area contributed by atoms with Gasteiger partial charge in [0.05, 0.1) is 6.54 Å². The van der Waals surface area contributed by atoms with Crippen LogP contribution in [-0.2, 0) is 4.79 Å². The Labute approximate surface area is 83.5 Å². The van der Waals surface area contributed by atoms with Gasteiger partial charge in [-0.15, -0.1) is 0 Å². The number of hydrogen-bond acceptors (Lipinski definition) is 3. The molecule has 0 aliphatic heterocycles. The van der Waals surface area contributed by atoms with Crippen LogP contribution in [0.15, 0.2) is 30.3 Å². The van der Waals surface area contributed by atoms with Crippen LogP contribution in [-0.4, -0.2) is 12.5 Å². The molecule has 0 unspecified atom stereocenters. The summed E-state index contributed by atoms with van der Waals surface area (Å²) in [5, 5.41) is 3.06. The molecule has 0 spiro atoms. The van der Waals surface area contributed by atoms with E-state index in [1.165, 1.54) is 0 Å². The van der Waals surface area contributed by atoms with Gasteiger partial charge in [0.2, 0.25) is 5.91 Å². The average molecular weight is 193 g/mol. The first-order chi connectivity index (χ1) is 6.74. The predicted molar refractivity (Wildman–Crippen MR) is 55.2 cm³/mol. The molecular formula is C10H15N3O. The van der Waals surface area contributed by atoms with E-state index in [1.807, 2.05) is 37.3 Å². The number of carbonyl (C=O) groups excluding carboxylic acids is 1. The van der Waals surface area contributed by atoms with E-state index < -0.39 is 0 Å². The van der Waals surface area contributed by atoms with Crippen LogP contribution in [0.5, 0.6) is 0 Å². The summed E-state index contributed by atoms with van der Waals surface area (Å²) >= 11 is 0. The van der Waals surface area contributed by atoms with Crippen LogP contribution >= 0.6 is 0 Å². The molecule has 14 heavy (non-hydrogen) atoms. The molecular weight excluding hydrogens is 178 g/mol. The van der Waals surface area contributed by atoms with Crippen molar-refractivity contribution in [1.82, 2.24) is 10.7 Å². The topological polar surface area (TPSA) is 67.2 Å². The van der Waals surface area contributed by atoms with E-state index in [4.69, 9.17) is 5.84 Å². The van der Waals surface area contributed by atoms with Gasteiger partial charge in [-0.1, -0.05) is 30.3 Å². The summed E-state index contributed by atoms with van der Waals surface area (Å²) in [4.78, 5) is 10.8. The Bertz CT molecular complexity index is 287. The second-order valence-corrected chi connectivity index (χ2v) is 3.08. The van der Waals surface area contributed by atoms with Gasteiger partial charge in [-0.05, 0) is 12.5 Å². The van der Waals surface area contributed by atoms with Crippen LogP contribution in [0.2, 0.25) is 0 Å². The molecule has 4 heteroatoms. The number of hydrogen-bond donors (Lipinski definition) is 3.